The Labute approximate surface area is 106 Å². The van der Waals surface area contributed by atoms with Crippen molar-refractivity contribution in [2.75, 3.05) is 14.2 Å². The third-order valence-electron chi connectivity index (χ3n) is 3.28. The molecule has 5 heteroatoms. The number of allylic oxidation sites excluding steroid dienone is 2. The third kappa shape index (κ3) is 2.08. The van der Waals surface area contributed by atoms with Gasteiger partial charge in [0.15, 0.2) is 5.75 Å². The van der Waals surface area contributed by atoms with Gasteiger partial charge in [-0.3, -0.25) is 0 Å². The summed E-state index contributed by atoms with van der Waals surface area (Å²) in [6.45, 7) is 0. The standard InChI is InChI=1S/C13H16N2O3/c1-17-10-8-11(14-15-12(10)18-2)13(9-16)6-4-3-5-7-13/h3-4,8-9H,5-7H2,1-2H3. The molecule has 0 saturated heterocycles. The van der Waals surface area contributed by atoms with Gasteiger partial charge < -0.3 is 14.3 Å². The maximum atomic E-state index is 11.5. The molecular formula is C13H16N2O3. The number of nitrogens with zero attached hydrogens (tertiary/aromatic N) is 2. The number of rotatable bonds is 4. The molecule has 5 nitrogen and oxygen atoms in total. The number of hydrogen-bond acceptors (Lipinski definition) is 5. The molecule has 0 spiro atoms. The Morgan fingerprint density at radius 1 is 1.28 bits per heavy atom. The van der Waals surface area contributed by atoms with Crippen LogP contribution < -0.4 is 9.47 Å². The Hall–Kier alpha value is -1.91. The Balaban J connectivity index is 2.43. The van der Waals surface area contributed by atoms with Gasteiger partial charge in [-0.25, -0.2) is 0 Å². The van der Waals surface area contributed by atoms with Gasteiger partial charge in [0.1, 0.15) is 6.29 Å². The maximum Gasteiger partial charge on any atom is 0.276 e. The predicted molar refractivity (Wildman–Crippen MR) is 65.9 cm³/mol. The number of aromatic nitrogens is 2. The smallest absolute Gasteiger partial charge is 0.276 e. The molecule has 0 radical (unpaired) electrons. The highest BCUT2D eigenvalue weighted by Crippen LogP contribution is 2.36. The molecule has 0 bridgehead atoms. The number of carbonyl (C=O) groups excluding carboxylic acids is 1. The third-order valence-corrected chi connectivity index (χ3v) is 3.28. The van der Waals surface area contributed by atoms with Crippen LogP contribution >= 0.6 is 0 Å². The number of carbonyl (C=O) groups is 1. The monoisotopic (exact) mass is 248 g/mol. The highest BCUT2D eigenvalue weighted by Gasteiger charge is 2.34. The van der Waals surface area contributed by atoms with Crippen LogP contribution in [0.5, 0.6) is 11.6 Å². The summed E-state index contributed by atoms with van der Waals surface area (Å²) in [4.78, 5) is 11.5. The lowest BCUT2D eigenvalue weighted by atomic mass is 9.75. The minimum Gasteiger partial charge on any atom is -0.491 e. The molecule has 0 aliphatic heterocycles. The molecule has 2 rings (SSSR count). The van der Waals surface area contributed by atoms with E-state index in [0.717, 1.165) is 19.1 Å². The van der Waals surface area contributed by atoms with Crippen LogP contribution in [0.2, 0.25) is 0 Å². The van der Waals surface area contributed by atoms with Crippen molar-refractivity contribution in [1.29, 1.82) is 0 Å². The summed E-state index contributed by atoms with van der Waals surface area (Å²) in [5, 5.41) is 8.06. The fourth-order valence-electron chi connectivity index (χ4n) is 2.15. The van der Waals surface area contributed by atoms with Crippen LogP contribution in [0.4, 0.5) is 0 Å². The molecule has 1 aliphatic carbocycles. The summed E-state index contributed by atoms with van der Waals surface area (Å²) < 4.78 is 10.2. The molecular weight excluding hydrogens is 232 g/mol. The van der Waals surface area contributed by atoms with Crippen LogP contribution in [0.3, 0.4) is 0 Å². The van der Waals surface area contributed by atoms with Crippen LogP contribution in [0.1, 0.15) is 25.0 Å². The van der Waals surface area contributed by atoms with Crippen molar-refractivity contribution in [2.24, 2.45) is 0 Å². The molecule has 1 aromatic heterocycles. The first kappa shape index (κ1) is 12.5. The lowest BCUT2D eigenvalue weighted by Gasteiger charge is -2.28. The summed E-state index contributed by atoms with van der Waals surface area (Å²) >= 11 is 0. The first-order chi connectivity index (χ1) is 8.75. The summed E-state index contributed by atoms with van der Waals surface area (Å²) in [7, 11) is 3.04. The van der Waals surface area contributed by atoms with E-state index in [4.69, 9.17) is 9.47 Å². The number of ether oxygens (including phenoxy) is 2. The topological polar surface area (TPSA) is 61.3 Å². The normalized spacial score (nSPS) is 22.6. The summed E-state index contributed by atoms with van der Waals surface area (Å²) in [6.07, 6.45) is 7.32. The zero-order chi connectivity index (χ0) is 13.0. The molecule has 96 valence electrons. The highest BCUT2D eigenvalue weighted by atomic mass is 16.5. The van der Waals surface area contributed by atoms with E-state index >= 15 is 0 Å². The molecule has 0 aromatic carbocycles. The molecule has 1 aromatic rings. The van der Waals surface area contributed by atoms with Gasteiger partial charge in [0.05, 0.1) is 25.3 Å². The van der Waals surface area contributed by atoms with Crippen LogP contribution in [0, 0.1) is 0 Å². The average Bonchev–Trinajstić information content (AvgIpc) is 2.47. The molecule has 0 N–H and O–H groups in total. The summed E-state index contributed by atoms with van der Waals surface area (Å²) in [5.74, 6) is 0.826. The minimum atomic E-state index is -0.582. The van der Waals surface area contributed by atoms with Gasteiger partial charge in [0.25, 0.3) is 5.88 Å². The van der Waals surface area contributed by atoms with Gasteiger partial charge >= 0.3 is 0 Å². The zero-order valence-corrected chi connectivity index (χ0v) is 10.5. The Morgan fingerprint density at radius 2 is 2.11 bits per heavy atom. The fraction of sp³-hybridized carbons (Fsp3) is 0.462. The van der Waals surface area contributed by atoms with Gasteiger partial charge in [0.2, 0.25) is 0 Å². The van der Waals surface area contributed by atoms with Crippen LogP contribution in [0.15, 0.2) is 18.2 Å². The first-order valence-electron chi connectivity index (χ1n) is 5.83. The second-order valence-corrected chi connectivity index (χ2v) is 4.30. The largest absolute Gasteiger partial charge is 0.491 e. The molecule has 1 heterocycles. The molecule has 1 unspecified atom stereocenters. The Bertz CT molecular complexity index is 473. The highest BCUT2D eigenvalue weighted by molar-refractivity contribution is 5.68. The second kappa shape index (κ2) is 5.16. The van der Waals surface area contributed by atoms with E-state index in [1.807, 2.05) is 6.08 Å². The van der Waals surface area contributed by atoms with Gasteiger partial charge in [-0.05, 0) is 19.3 Å². The van der Waals surface area contributed by atoms with Gasteiger partial charge in [-0.15, -0.1) is 5.10 Å². The van der Waals surface area contributed by atoms with Crippen molar-refractivity contribution in [1.82, 2.24) is 10.2 Å². The van der Waals surface area contributed by atoms with Gasteiger partial charge in [-0.2, -0.15) is 5.10 Å². The van der Waals surface area contributed by atoms with E-state index in [0.29, 0.717) is 23.7 Å². The molecule has 0 fully saturated rings. The van der Waals surface area contributed by atoms with Crippen LogP contribution in [0.25, 0.3) is 0 Å². The lowest BCUT2D eigenvalue weighted by molar-refractivity contribution is -0.113. The number of aldehydes is 1. The molecule has 18 heavy (non-hydrogen) atoms. The van der Waals surface area contributed by atoms with Gasteiger partial charge in [0, 0.05) is 6.07 Å². The van der Waals surface area contributed by atoms with Crippen LogP contribution in [-0.4, -0.2) is 30.7 Å². The van der Waals surface area contributed by atoms with E-state index < -0.39 is 5.41 Å². The minimum absolute atomic E-state index is 0.327. The quantitative estimate of drug-likeness (QED) is 0.599. The van der Waals surface area contributed by atoms with E-state index in [2.05, 4.69) is 16.3 Å². The van der Waals surface area contributed by atoms with Crippen molar-refractivity contribution in [3.63, 3.8) is 0 Å². The Morgan fingerprint density at radius 3 is 2.67 bits per heavy atom. The van der Waals surface area contributed by atoms with E-state index in [1.54, 1.807) is 6.07 Å². The van der Waals surface area contributed by atoms with Crippen molar-refractivity contribution in [2.45, 2.75) is 24.7 Å². The van der Waals surface area contributed by atoms with E-state index in [1.165, 1.54) is 14.2 Å². The lowest BCUT2D eigenvalue weighted by Crippen LogP contribution is -2.30. The second-order valence-electron chi connectivity index (χ2n) is 4.30. The SMILES string of the molecule is COc1cc(C2(C=O)CC=CCC2)nnc1OC. The van der Waals surface area contributed by atoms with Crippen molar-refractivity contribution in [3.8, 4) is 11.6 Å². The van der Waals surface area contributed by atoms with Crippen LogP contribution in [-0.2, 0) is 10.2 Å². The average molecular weight is 248 g/mol. The van der Waals surface area contributed by atoms with Crippen molar-refractivity contribution >= 4 is 6.29 Å². The number of methoxy groups -OCH3 is 2. The van der Waals surface area contributed by atoms with Crippen molar-refractivity contribution in [3.05, 3.63) is 23.9 Å². The fourth-order valence-corrected chi connectivity index (χ4v) is 2.15. The van der Waals surface area contributed by atoms with Gasteiger partial charge in [-0.1, -0.05) is 12.2 Å². The molecule has 1 atom stereocenters. The number of hydrogen-bond donors (Lipinski definition) is 0. The van der Waals surface area contributed by atoms with Crippen molar-refractivity contribution < 1.29 is 14.3 Å². The molecule has 1 aliphatic rings. The van der Waals surface area contributed by atoms with E-state index in [9.17, 15) is 4.79 Å². The zero-order valence-electron chi connectivity index (χ0n) is 10.5. The Kier molecular flexibility index (Phi) is 3.60. The first-order valence-corrected chi connectivity index (χ1v) is 5.83. The summed E-state index contributed by atoms with van der Waals surface area (Å²) in [5.41, 5.74) is 0.0564. The maximum absolute atomic E-state index is 11.5. The molecule has 0 amide bonds. The molecule has 0 saturated carbocycles. The predicted octanol–water partition coefficient (Wildman–Crippen LogP) is 1.67. The van der Waals surface area contributed by atoms with E-state index in [-0.39, 0.29) is 0 Å². The summed E-state index contributed by atoms with van der Waals surface area (Å²) in [6, 6.07) is 1.74.